The molecule has 2 bridgehead atoms. The van der Waals surface area contributed by atoms with Crippen LogP contribution in [0.2, 0.25) is 0 Å². The number of hydrogen-bond donors (Lipinski definition) is 2. The number of esters is 1. The largest absolute Gasteiger partial charge is 0.455 e. The van der Waals surface area contributed by atoms with Gasteiger partial charge in [0, 0.05) is 37.5 Å². The number of carbonyl (C=O) groups excluding carboxylic acids is 4. The molecule has 3 aliphatic heterocycles. The Labute approximate surface area is 280 Å². The molecule has 10 nitrogen and oxygen atoms in total. The second-order valence-corrected chi connectivity index (χ2v) is 13.7. The first-order valence-electron chi connectivity index (χ1n) is 16.4. The van der Waals surface area contributed by atoms with Crippen LogP contribution >= 0.6 is 15.9 Å². The minimum absolute atomic E-state index is 0.152. The predicted octanol–water partition coefficient (Wildman–Crippen LogP) is 4.08. The molecule has 252 valence electrons. The fraction of sp³-hybridized carbons (Fsp3) is 0.600. The molecule has 3 amide bonds. The number of amides is 3. The standard InChI is InChI=1S/C35H48BrN3O7/c1-5-8-13-19-38(18-7-3)33(43)31-35-22-25(36)30(46-35)27(28(35)32(42)39(31)20-14-21-40)34(44)45-29(24-15-11-10-12-16-24)23(4)37-26(41)17-9-6-2/h6-7,10-12,15-16,23,25,27-31,40H,2-3,5,8-9,13-14,17-22H2,1,4H3,(H,37,41)/t23-,25?,27-,28+,29-,30-,31-,35+/m0/s1. The Morgan fingerprint density at radius 2 is 1.96 bits per heavy atom. The number of aliphatic hydroxyl groups is 1. The van der Waals surface area contributed by atoms with Crippen LogP contribution in [0, 0.1) is 11.8 Å². The zero-order chi connectivity index (χ0) is 33.4. The fourth-order valence-corrected chi connectivity index (χ4v) is 8.22. The Balaban J connectivity index is 1.66. The van der Waals surface area contributed by atoms with Crippen LogP contribution in [0.1, 0.15) is 70.5 Å². The van der Waals surface area contributed by atoms with Crippen molar-refractivity contribution in [3.8, 4) is 0 Å². The van der Waals surface area contributed by atoms with Gasteiger partial charge in [0.2, 0.25) is 17.7 Å². The summed E-state index contributed by atoms with van der Waals surface area (Å²) in [7, 11) is 0. The minimum Gasteiger partial charge on any atom is -0.455 e. The minimum atomic E-state index is -1.23. The van der Waals surface area contributed by atoms with Crippen LogP contribution in [0.25, 0.3) is 0 Å². The lowest BCUT2D eigenvalue weighted by Gasteiger charge is -2.37. The number of carbonyl (C=O) groups is 4. The lowest BCUT2D eigenvalue weighted by atomic mass is 9.70. The molecule has 4 rings (SSSR count). The van der Waals surface area contributed by atoms with Gasteiger partial charge in [0.25, 0.3) is 0 Å². The molecule has 8 atom stereocenters. The molecule has 1 aromatic carbocycles. The Bertz CT molecular complexity index is 1260. The van der Waals surface area contributed by atoms with Crippen LogP contribution in [0.3, 0.4) is 0 Å². The molecule has 1 aromatic rings. The third-order valence-corrected chi connectivity index (χ3v) is 10.2. The van der Waals surface area contributed by atoms with Crippen LogP contribution in [-0.2, 0) is 28.7 Å². The number of allylic oxidation sites excluding steroid dienone is 1. The highest BCUT2D eigenvalue weighted by Gasteiger charge is 2.77. The second kappa shape index (κ2) is 16.2. The van der Waals surface area contributed by atoms with Crippen LogP contribution in [0.4, 0.5) is 0 Å². The van der Waals surface area contributed by atoms with Crippen LogP contribution in [0.15, 0.2) is 55.6 Å². The summed E-state index contributed by atoms with van der Waals surface area (Å²) in [5, 5.41) is 12.6. The quantitative estimate of drug-likeness (QED) is 0.102. The summed E-state index contributed by atoms with van der Waals surface area (Å²) in [4.78, 5) is 58.4. The Morgan fingerprint density at radius 3 is 2.61 bits per heavy atom. The first kappa shape index (κ1) is 35.8. The van der Waals surface area contributed by atoms with Crippen LogP contribution in [-0.4, -0.2) is 93.5 Å². The zero-order valence-electron chi connectivity index (χ0n) is 26.9. The number of likely N-dealkylation sites (tertiary alicyclic amines) is 1. The van der Waals surface area contributed by atoms with Gasteiger partial charge < -0.3 is 29.7 Å². The van der Waals surface area contributed by atoms with Crippen molar-refractivity contribution < 1.29 is 33.8 Å². The molecule has 1 spiro atoms. The van der Waals surface area contributed by atoms with E-state index >= 15 is 0 Å². The number of ether oxygens (including phenoxy) is 2. The average molecular weight is 703 g/mol. The number of halogens is 1. The SMILES string of the molecule is C=CCCC(=O)N[C@@H](C)[C@H](OC(=O)[C@@H]1[C@H]2O[C@@]3(CC2Br)[C@H](C(=O)N(CC=C)CCCCC)N(CCCO)C(=O)[C@@H]13)c1ccccc1. The van der Waals surface area contributed by atoms with Gasteiger partial charge in [0.1, 0.15) is 17.7 Å². The van der Waals surface area contributed by atoms with E-state index in [1.807, 2.05) is 30.3 Å². The van der Waals surface area contributed by atoms with Gasteiger partial charge in [-0.2, -0.15) is 0 Å². The molecule has 3 saturated heterocycles. The van der Waals surface area contributed by atoms with Gasteiger partial charge in [-0.1, -0.05) is 78.2 Å². The van der Waals surface area contributed by atoms with Gasteiger partial charge >= 0.3 is 5.97 Å². The van der Waals surface area contributed by atoms with E-state index in [1.165, 1.54) is 4.90 Å². The van der Waals surface area contributed by atoms with E-state index in [0.29, 0.717) is 31.5 Å². The van der Waals surface area contributed by atoms with Gasteiger partial charge in [-0.25, -0.2) is 0 Å². The number of aliphatic hydroxyl groups excluding tert-OH is 1. The number of alkyl halides is 1. The summed E-state index contributed by atoms with van der Waals surface area (Å²) in [5.41, 5.74) is -0.535. The monoisotopic (exact) mass is 701 g/mol. The highest BCUT2D eigenvalue weighted by Crippen LogP contribution is 2.60. The zero-order valence-corrected chi connectivity index (χ0v) is 28.5. The summed E-state index contributed by atoms with van der Waals surface area (Å²) >= 11 is 3.71. The predicted molar refractivity (Wildman–Crippen MR) is 178 cm³/mol. The van der Waals surface area contributed by atoms with Gasteiger partial charge in [-0.05, 0) is 38.2 Å². The number of benzene rings is 1. The maximum Gasteiger partial charge on any atom is 0.313 e. The van der Waals surface area contributed by atoms with Gasteiger partial charge in [-0.15, -0.1) is 13.2 Å². The molecule has 0 saturated carbocycles. The van der Waals surface area contributed by atoms with E-state index in [1.54, 1.807) is 24.0 Å². The summed E-state index contributed by atoms with van der Waals surface area (Å²) in [5.74, 6) is -3.29. The number of rotatable bonds is 18. The topological polar surface area (TPSA) is 125 Å². The molecule has 11 heteroatoms. The Hall–Kier alpha value is -3.02. The van der Waals surface area contributed by atoms with Crippen molar-refractivity contribution in [2.45, 2.75) is 93.5 Å². The maximum absolute atomic E-state index is 14.4. The number of nitrogens with one attached hydrogen (secondary N) is 1. The average Bonchev–Trinajstić information content (AvgIpc) is 3.64. The van der Waals surface area contributed by atoms with E-state index in [4.69, 9.17) is 9.47 Å². The molecule has 3 fully saturated rings. The van der Waals surface area contributed by atoms with E-state index in [9.17, 15) is 24.3 Å². The molecule has 2 N–H and O–H groups in total. The lowest BCUT2D eigenvalue weighted by molar-refractivity contribution is -0.162. The maximum atomic E-state index is 14.4. The van der Waals surface area contributed by atoms with Crippen LogP contribution in [0.5, 0.6) is 0 Å². The number of hydrogen-bond acceptors (Lipinski definition) is 7. The molecule has 0 radical (unpaired) electrons. The molecule has 1 unspecified atom stereocenters. The molecule has 3 heterocycles. The van der Waals surface area contributed by atoms with Crippen molar-refractivity contribution in [2.24, 2.45) is 11.8 Å². The molecule has 3 aliphatic rings. The number of unbranched alkanes of at least 4 members (excludes halogenated alkanes) is 2. The third kappa shape index (κ3) is 7.26. The van der Waals surface area contributed by atoms with Gasteiger partial charge in [-0.3, -0.25) is 19.2 Å². The first-order chi connectivity index (χ1) is 22.1. The normalized spacial score (nSPS) is 27.5. The van der Waals surface area contributed by atoms with Crippen LogP contribution < -0.4 is 5.32 Å². The van der Waals surface area contributed by atoms with Crippen molar-refractivity contribution in [3.05, 3.63) is 61.2 Å². The van der Waals surface area contributed by atoms with E-state index in [0.717, 1.165) is 19.3 Å². The van der Waals surface area contributed by atoms with Crippen molar-refractivity contribution in [1.29, 1.82) is 0 Å². The first-order valence-corrected chi connectivity index (χ1v) is 17.3. The fourth-order valence-electron chi connectivity index (χ4n) is 7.27. The third-order valence-electron chi connectivity index (χ3n) is 9.33. The summed E-state index contributed by atoms with van der Waals surface area (Å²) < 4.78 is 12.8. The summed E-state index contributed by atoms with van der Waals surface area (Å²) in [6.07, 6.45) is 6.03. The second-order valence-electron chi connectivity index (χ2n) is 12.5. The van der Waals surface area contributed by atoms with E-state index in [-0.39, 0.29) is 48.5 Å². The Morgan fingerprint density at radius 1 is 1.22 bits per heavy atom. The molecular weight excluding hydrogens is 654 g/mol. The smallest absolute Gasteiger partial charge is 0.313 e. The molecule has 46 heavy (non-hydrogen) atoms. The summed E-state index contributed by atoms with van der Waals surface area (Å²) in [6.45, 7) is 12.2. The number of nitrogens with zero attached hydrogens (tertiary/aromatic N) is 2. The highest BCUT2D eigenvalue weighted by molar-refractivity contribution is 9.09. The van der Waals surface area contributed by atoms with Crippen molar-refractivity contribution in [3.63, 3.8) is 0 Å². The van der Waals surface area contributed by atoms with Gasteiger partial charge in [0.15, 0.2) is 0 Å². The molecular formula is C35H48BrN3O7. The highest BCUT2D eigenvalue weighted by atomic mass is 79.9. The summed E-state index contributed by atoms with van der Waals surface area (Å²) in [6, 6.07) is 7.66. The molecule has 0 aromatic heterocycles. The van der Waals surface area contributed by atoms with Gasteiger partial charge in [0.05, 0.1) is 24.0 Å². The van der Waals surface area contributed by atoms with Crippen molar-refractivity contribution in [2.75, 3.05) is 26.2 Å². The van der Waals surface area contributed by atoms with E-state index in [2.05, 4.69) is 41.3 Å². The Kier molecular flexibility index (Phi) is 12.6. The van der Waals surface area contributed by atoms with E-state index < -0.39 is 47.7 Å². The van der Waals surface area contributed by atoms with Crippen molar-refractivity contribution >= 4 is 39.6 Å². The molecule has 0 aliphatic carbocycles. The lowest BCUT2D eigenvalue weighted by Crippen LogP contribution is -2.57. The van der Waals surface area contributed by atoms with Crippen molar-refractivity contribution in [1.82, 2.24) is 15.1 Å². The number of fused-ring (bicyclic) bond motifs is 1.